The molecular weight excluding hydrogens is 304 g/mol. The number of morpholine rings is 1. The van der Waals surface area contributed by atoms with Crippen LogP contribution >= 0.6 is 0 Å². The van der Waals surface area contributed by atoms with E-state index in [9.17, 15) is 4.79 Å². The molecular formula is C19H24N2O3. The fraction of sp³-hybridized carbons (Fsp3) is 0.526. The quantitative estimate of drug-likeness (QED) is 0.811. The van der Waals surface area contributed by atoms with Crippen molar-refractivity contribution in [3.63, 3.8) is 0 Å². The Hall–Kier alpha value is -1.85. The van der Waals surface area contributed by atoms with Gasteiger partial charge < -0.3 is 14.1 Å². The number of para-hydroxylation sites is 1. The lowest BCUT2D eigenvalue weighted by Crippen LogP contribution is -2.39. The molecule has 0 bridgehead atoms. The average Bonchev–Trinajstić information content (AvgIpc) is 2.64. The van der Waals surface area contributed by atoms with E-state index < -0.39 is 0 Å². The first kappa shape index (κ1) is 15.7. The van der Waals surface area contributed by atoms with Crippen molar-refractivity contribution in [2.45, 2.75) is 25.8 Å². The molecule has 2 aromatic rings. The largest absolute Gasteiger partial charge is 0.422 e. The highest BCUT2D eigenvalue weighted by atomic mass is 16.5. The van der Waals surface area contributed by atoms with Crippen molar-refractivity contribution in [1.82, 2.24) is 4.90 Å². The molecule has 0 atom stereocenters. The second kappa shape index (κ2) is 6.95. The van der Waals surface area contributed by atoms with Gasteiger partial charge in [-0.3, -0.25) is 4.90 Å². The highest BCUT2D eigenvalue weighted by Crippen LogP contribution is 2.30. The Bertz CT molecular complexity index is 759. The van der Waals surface area contributed by atoms with Gasteiger partial charge in [0.15, 0.2) is 0 Å². The molecule has 2 fully saturated rings. The van der Waals surface area contributed by atoms with Gasteiger partial charge in [0.05, 0.1) is 24.5 Å². The molecule has 4 rings (SSSR count). The molecule has 2 aliphatic heterocycles. The average molecular weight is 328 g/mol. The van der Waals surface area contributed by atoms with Gasteiger partial charge >= 0.3 is 5.63 Å². The van der Waals surface area contributed by atoms with Crippen LogP contribution in [0.15, 0.2) is 33.5 Å². The first-order valence-electron chi connectivity index (χ1n) is 8.93. The SMILES string of the molecule is O=c1oc2ccccc2c(N2CCOCC2)c1CN1CCCCC1. The molecule has 0 saturated carbocycles. The van der Waals surface area contributed by atoms with Crippen LogP contribution in [0.2, 0.25) is 0 Å². The van der Waals surface area contributed by atoms with E-state index in [4.69, 9.17) is 9.15 Å². The van der Waals surface area contributed by atoms with Gasteiger partial charge in [-0.15, -0.1) is 0 Å². The van der Waals surface area contributed by atoms with E-state index in [0.717, 1.165) is 42.8 Å². The second-order valence-corrected chi connectivity index (χ2v) is 6.65. The number of hydrogen-bond acceptors (Lipinski definition) is 5. The van der Waals surface area contributed by atoms with Crippen LogP contribution in [-0.2, 0) is 11.3 Å². The number of nitrogens with zero attached hydrogens (tertiary/aromatic N) is 2. The molecule has 0 aliphatic carbocycles. The first-order chi connectivity index (χ1) is 11.8. The minimum absolute atomic E-state index is 0.194. The lowest BCUT2D eigenvalue weighted by molar-refractivity contribution is 0.122. The Kier molecular flexibility index (Phi) is 4.54. The molecule has 0 radical (unpaired) electrons. The van der Waals surface area contributed by atoms with E-state index in [1.54, 1.807) is 0 Å². The van der Waals surface area contributed by atoms with Crippen molar-refractivity contribution in [2.24, 2.45) is 0 Å². The third-order valence-electron chi connectivity index (χ3n) is 5.03. The van der Waals surface area contributed by atoms with Crippen LogP contribution in [0.25, 0.3) is 11.0 Å². The van der Waals surface area contributed by atoms with Gasteiger partial charge in [-0.2, -0.15) is 0 Å². The lowest BCUT2D eigenvalue weighted by Gasteiger charge is -2.33. The highest BCUT2D eigenvalue weighted by molar-refractivity contribution is 5.92. The van der Waals surface area contributed by atoms with Gasteiger partial charge in [0.1, 0.15) is 5.58 Å². The minimum Gasteiger partial charge on any atom is -0.422 e. The molecule has 0 amide bonds. The van der Waals surface area contributed by atoms with Gasteiger partial charge in [0.2, 0.25) is 0 Å². The van der Waals surface area contributed by atoms with Crippen molar-refractivity contribution in [3.8, 4) is 0 Å². The molecule has 2 aliphatic rings. The van der Waals surface area contributed by atoms with Crippen LogP contribution in [0.5, 0.6) is 0 Å². The molecule has 1 aromatic carbocycles. The van der Waals surface area contributed by atoms with Gasteiger partial charge in [-0.1, -0.05) is 18.6 Å². The van der Waals surface area contributed by atoms with E-state index in [1.165, 1.54) is 19.3 Å². The molecule has 128 valence electrons. The molecule has 0 N–H and O–H groups in total. The molecule has 2 saturated heterocycles. The smallest absolute Gasteiger partial charge is 0.342 e. The van der Waals surface area contributed by atoms with Crippen LogP contribution in [-0.4, -0.2) is 44.3 Å². The fourth-order valence-corrected chi connectivity index (χ4v) is 3.80. The predicted octanol–water partition coefficient (Wildman–Crippen LogP) is 2.62. The summed E-state index contributed by atoms with van der Waals surface area (Å²) in [5.74, 6) is 0. The number of fused-ring (bicyclic) bond motifs is 1. The van der Waals surface area contributed by atoms with E-state index in [0.29, 0.717) is 25.3 Å². The van der Waals surface area contributed by atoms with Crippen molar-refractivity contribution < 1.29 is 9.15 Å². The van der Waals surface area contributed by atoms with Gasteiger partial charge in [0, 0.05) is 25.0 Å². The third-order valence-corrected chi connectivity index (χ3v) is 5.03. The standard InChI is InChI=1S/C19H24N2O3/c22-19-16(14-20-8-4-1-5-9-20)18(21-10-12-23-13-11-21)15-6-2-3-7-17(15)24-19/h2-3,6-7H,1,4-5,8-14H2. The Balaban J connectivity index is 1.80. The van der Waals surface area contributed by atoms with E-state index in [2.05, 4.69) is 15.9 Å². The topological polar surface area (TPSA) is 45.9 Å². The molecule has 1 aromatic heterocycles. The molecule has 5 nitrogen and oxygen atoms in total. The van der Waals surface area contributed by atoms with Crippen molar-refractivity contribution >= 4 is 16.7 Å². The Morgan fingerprint density at radius 3 is 2.50 bits per heavy atom. The Morgan fingerprint density at radius 1 is 0.958 bits per heavy atom. The van der Waals surface area contributed by atoms with Crippen LogP contribution in [0.1, 0.15) is 24.8 Å². The van der Waals surface area contributed by atoms with Crippen molar-refractivity contribution in [1.29, 1.82) is 0 Å². The number of hydrogen-bond donors (Lipinski definition) is 0. The summed E-state index contributed by atoms with van der Waals surface area (Å²) in [4.78, 5) is 17.4. The van der Waals surface area contributed by atoms with Crippen LogP contribution in [0, 0.1) is 0 Å². The van der Waals surface area contributed by atoms with Gasteiger partial charge in [-0.05, 0) is 38.1 Å². The van der Waals surface area contributed by atoms with E-state index >= 15 is 0 Å². The number of benzene rings is 1. The van der Waals surface area contributed by atoms with Crippen LogP contribution in [0.3, 0.4) is 0 Å². The van der Waals surface area contributed by atoms with Crippen LogP contribution in [0.4, 0.5) is 5.69 Å². The Morgan fingerprint density at radius 2 is 1.71 bits per heavy atom. The maximum Gasteiger partial charge on any atom is 0.342 e. The summed E-state index contributed by atoms with van der Waals surface area (Å²) in [6.45, 7) is 5.86. The summed E-state index contributed by atoms with van der Waals surface area (Å²) in [5, 5.41) is 1.03. The zero-order valence-corrected chi connectivity index (χ0v) is 14.0. The summed E-state index contributed by atoms with van der Waals surface area (Å²) in [5.41, 5.74) is 2.33. The van der Waals surface area contributed by atoms with E-state index in [1.807, 2.05) is 18.2 Å². The number of rotatable bonds is 3. The third kappa shape index (κ3) is 3.06. The highest BCUT2D eigenvalue weighted by Gasteiger charge is 2.23. The molecule has 5 heteroatoms. The number of likely N-dealkylation sites (tertiary alicyclic amines) is 1. The fourth-order valence-electron chi connectivity index (χ4n) is 3.80. The summed E-state index contributed by atoms with van der Waals surface area (Å²) >= 11 is 0. The minimum atomic E-state index is -0.194. The van der Waals surface area contributed by atoms with Crippen LogP contribution < -0.4 is 10.5 Å². The molecule has 3 heterocycles. The summed E-state index contributed by atoms with van der Waals surface area (Å²) in [6, 6.07) is 7.86. The summed E-state index contributed by atoms with van der Waals surface area (Å²) < 4.78 is 11.1. The van der Waals surface area contributed by atoms with Crippen molar-refractivity contribution in [2.75, 3.05) is 44.3 Å². The molecule has 0 unspecified atom stereocenters. The molecule has 24 heavy (non-hydrogen) atoms. The lowest BCUT2D eigenvalue weighted by atomic mass is 10.1. The van der Waals surface area contributed by atoms with Gasteiger partial charge in [0.25, 0.3) is 0 Å². The summed E-state index contributed by atoms with van der Waals surface area (Å²) in [6.07, 6.45) is 3.72. The first-order valence-corrected chi connectivity index (χ1v) is 8.93. The zero-order valence-electron chi connectivity index (χ0n) is 14.0. The van der Waals surface area contributed by atoms with E-state index in [-0.39, 0.29) is 5.63 Å². The monoisotopic (exact) mass is 328 g/mol. The second-order valence-electron chi connectivity index (χ2n) is 6.65. The normalized spacial score (nSPS) is 19.8. The maximum absolute atomic E-state index is 12.7. The number of piperidine rings is 1. The predicted molar refractivity (Wildman–Crippen MR) is 94.6 cm³/mol. The number of anilines is 1. The molecule has 0 spiro atoms. The van der Waals surface area contributed by atoms with Crippen molar-refractivity contribution in [3.05, 3.63) is 40.2 Å². The maximum atomic E-state index is 12.7. The zero-order chi connectivity index (χ0) is 16.4. The summed E-state index contributed by atoms with van der Waals surface area (Å²) in [7, 11) is 0. The van der Waals surface area contributed by atoms with Gasteiger partial charge in [-0.25, -0.2) is 4.79 Å². The number of ether oxygens (including phenoxy) is 1. The Labute approximate surface area is 141 Å².